The molecule has 17 heavy (non-hydrogen) atoms. The molecule has 0 bridgehead atoms. The van der Waals surface area contributed by atoms with Gasteiger partial charge in [-0.15, -0.1) is 0 Å². The Bertz CT molecular complexity index is 394. The van der Waals surface area contributed by atoms with E-state index in [-0.39, 0.29) is 18.3 Å². The van der Waals surface area contributed by atoms with Crippen molar-refractivity contribution in [3.63, 3.8) is 0 Å². The third-order valence-electron chi connectivity index (χ3n) is 2.25. The number of hydrogen-bond donors (Lipinski definition) is 1. The van der Waals surface area contributed by atoms with Crippen molar-refractivity contribution < 1.29 is 13.9 Å². The Kier molecular flexibility index (Phi) is 4.90. The van der Waals surface area contributed by atoms with Gasteiger partial charge in [-0.3, -0.25) is 4.79 Å². The smallest absolute Gasteiger partial charge is 0.259 e. The normalized spacial score (nSPS) is 10.1. The molecule has 1 aromatic carbocycles. The zero-order valence-corrected chi connectivity index (χ0v) is 10.3. The first-order chi connectivity index (χ1) is 8.06. The Morgan fingerprint density at radius 2 is 2.18 bits per heavy atom. The van der Waals surface area contributed by atoms with Crippen LogP contribution in [-0.4, -0.2) is 38.6 Å². The van der Waals surface area contributed by atoms with Crippen molar-refractivity contribution >= 4 is 5.91 Å². The lowest BCUT2D eigenvalue weighted by molar-refractivity contribution is -0.130. The van der Waals surface area contributed by atoms with Crippen molar-refractivity contribution in [1.82, 2.24) is 10.2 Å². The van der Waals surface area contributed by atoms with Crippen LogP contribution in [0.3, 0.4) is 0 Å². The molecule has 0 saturated carbocycles. The fourth-order valence-corrected chi connectivity index (χ4v) is 1.31. The Hall–Kier alpha value is -1.62. The van der Waals surface area contributed by atoms with Gasteiger partial charge in [0.2, 0.25) is 0 Å². The van der Waals surface area contributed by atoms with Crippen LogP contribution in [-0.2, 0) is 11.3 Å². The first kappa shape index (κ1) is 13.4. The minimum absolute atomic E-state index is 0.136. The fourth-order valence-electron chi connectivity index (χ4n) is 1.31. The molecule has 1 amide bonds. The van der Waals surface area contributed by atoms with Gasteiger partial charge in [-0.2, -0.15) is 0 Å². The summed E-state index contributed by atoms with van der Waals surface area (Å²) in [5.74, 6) is -0.523. The number of halogens is 1. The van der Waals surface area contributed by atoms with Gasteiger partial charge in [-0.25, -0.2) is 4.39 Å². The lowest BCUT2D eigenvalue weighted by Crippen LogP contribution is -2.28. The minimum atomic E-state index is -0.454. The zero-order chi connectivity index (χ0) is 12.8. The van der Waals surface area contributed by atoms with E-state index in [0.717, 1.165) is 0 Å². The van der Waals surface area contributed by atoms with E-state index < -0.39 is 5.82 Å². The number of carbonyl (C=O) groups is 1. The van der Waals surface area contributed by atoms with Gasteiger partial charge in [-0.05, 0) is 13.1 Å². The van der Waals surface area contributed by atoms with Gasteiger partial charge >= 0.3 is 0 Å². The van der Waals surface area contributed by atoms with Crippen LogP contribution in [0.1, 0.15) is 5.56 Å². The topological polar surface area (TPSA) is 41.6 Å². The van der Waals surface area contributed by atoms with E-state index in [1.54, 1.807) is 33.3 Å². The van der Waals surface area contributed by atoms with Gasteiger partial charge in [0.1, 0.15) is 0 Å². The summed E-state index contributed by atoms with van der Waals surface area (Å²) >= 11 is 0. The summed E-state index contributed by atoms with van der Waals surface area (Å²) in [6.07, 6.45) is 0. The summed E-state index contributed by atoms with van der Waals surface area (Å²) in [4.78, 5) is 12.8. The zero-order valence-electron chi connectivity index (χ0n) is 10.3. The molecule has 4 nitrogen and oxygen atoms in total. The second kappa shape index (κ2) is 6.20. The highest BCUT2D eigenvalue weighted by molar-refractivity contribution is 5.77. The number of nitrogens with one attached hydrogen (secondary N) is 1. The van der Waals surface area contributed by atoms with Gasteiger partial charge in [0.05, 0.1) is 0 Å². The Morgan fingerprint density at radius 1 is 1.47 bits per heavy atom. The second-order valence-electron chi connectivity index (χ2n) is 3.84. The van der Waals surface area contributed by atoms with Crippen LogP contribution in [0.4, 0.5) is 4.39 Å². The minimum Gasteiger partial charge on any atom is -0.480 e. The molecule has 0 atom stereocenters. The predicted octanol–water partition coefficient (Wildman–Crippen LogP) is 1.01. The number of para-hydroxylation sites is 1. The molecule has 0 radical (unpaired) electrons. The number of amides is 1. The standard InChI is InChI=1S/C12H17FN2O2/c1-14-7-9-5-4-6-10(13)12(9)17-8-11(16)15(2)3/h4-6,14H,7-8H2,1-3H3. The first-order valence-electron chi connectivity index (χ1n) is 5.31. The molecule has 0 heterocycles. The monoisotopic (exact) mass is 240 g/mol. The van der Waals surface area contributed by atoms with E-state index in [1.807, 2.05) is 0 Å². The summed E-state index contributed by atoms with van der Waals surface area (Å²) in [6, 6.07) is 4.69. The van der Waals surface area contributed by atoms with E-state index in [0.29, 0.717) is 12.1 Å². The van der Waals surface area contributed by atoms with Crippen molar-refractivity contribution in [3.05, 3.63) is 29.6 Å². The van der Waals surface area contributed by atoms with Crippen LogP contribution in [0.25, 0.3) is 0 Å². The average Bonchev–Trinajstić information content (AvgIpc) is 2.28. The van der Waals surface area contributed by atoms with E-state index >= 15 is 0 Å². The van der Waals surface area contributed by atoms with Crippen molar-refractivity contribution in [1.29, 1.82) is 0 Å². The number of benzene rings is 1. The van der Waals surface area contributed by atoms with Crippen molar-refractivity contribution in [3.8, 4) is 5.75 Å². The number of hydrogen-bond acceptors (Lipinski definition) is 3. The quantitative estimate of drug-likeness (QED) is 0.835. The van der Waals surface area contributed by atoms with Crippen LogP contribution in [0.15, 0.2) is 18.2 Å². The third kappa shape index (κ3) is 3.71. The molecule has 0 aliphatic carbocycles. The van der Waals surface area contributed by atoms with Crippen LogP contribution in [0.2, 0.25) is 0 Å². The SMILES string of the molecule is CNCc1cccc(F)c1OCC(=O)N(C)C. The lowest BCUT2D eigenvalue weighted by Gasteiger charge is -2.14. The maximum Gasteiger partial charge on any atom is 0.259 e. The first-order valence-corrected chi connectivity index (χ1v) is 5.31. The molecule has 0 aliphatic heterocycles. The molecule has 1 rings (SSSR count). The maximum atomic E-state index is 13.5. The molecule has 0 saturated heterocycles. The van der Waals surface area contributed by atoms with Gasteiger partial charge in [0.25, 0.3) is 5.91 Å². The Morgan fingerprint density at radius 3 is 2.76 bits per heavy atom. The van der Waals surface area contributed by atoms with Crippen LogP contribution >= 0.6 is 0 Å². The fraction of sp³-hybridized carbons (Fsp3) is 0.417. The summed E-state index contributed by atoms with van der Waals surface area (Å²) in [7, 11) is 5.02. The highest BCUT2D eigenvalue weighted by atomic mass is 19.1. The van der Waals surface area contributed by atoms with Crippen molar-refractivity contribution in [2.45, 2.75) is 6.54 Å². The largest absolute Gasteiger partial charge is 0.480 e. The number of ether oxygens (including phenoxy) is 1. The predicted molar refractivity (Wildman–Crippen MR) is 63.4 cm³/mol. The van der Waals surface area contributed by atoms with Gasteiger partial charge < -0.3 is 15.0 Å². The lowest BCUT2D eigenvalue weighted by atomic mass is 10.2. The highest BCUT2D eigenvalue weighted by Crippen LogP contribution is 2.22. The molecule has 0 aromatic heterocycles. The molecule has 0 aliphatic rings. The molecule has 1 N–H and O–H groups in total. The second-order valence-corrected chi connectivity index (χ2v) is 3.84. The van der Waals surface area contributed by atoms with Crippen molar-refractivity contribution in [2.75, 3.05) is 27.7 Å². The van der Waals surface area contributed by atoms with Gasteiger partial charge in [0.15, 0.2) is 18.2 Å². The molecule has 0 spiro atoms. The summed E-state index contributed by atoms with van der Waals surface area (Å²) in [6.45, 7) is 0.327. The molecule has 0 unspecified atom stereocenters. The van der Waals surface area contributed by atoms with Gasteiger partial charge in [-0.1, -0.05) is 12.1 Å². The average molecular weight is 240 g/mol. The van der Waals surface area contributed by atoms with Crippen molar-refractivity contribution in [2.24, 2.45) is 0 Å². The number of rotatable bonds is 5. The molecule has 1 aromatic rings. The summed E-state index contributed by atoms with van der Waals surface area (Å²) in [5.41, 5.74) is 0.694. The molecule has 94 valence electrons. The summed E-state index contributed by atoms with van der Waals surface area (Å²) in [5, 5.41) is 2.92. The Balaban J connectivity index is 2.78. The van der Waals surface area contributed by atoms with Crippen LogP contribution < -0.4 is 10.1 Å². The molecular weight excluding hydrogens is 223 g/mol. The maximum absolute atomic E-state index is 13.5. The molecular formula is C12H17FN2O2. The van der Waals surface area contributed by atoms with Gasteiger partial charge in [0, 0.05) is 26.2 Å². The van der Waals surface area contributed by atoms with Crippen LogP contribution in [0.5, 0.6) is 5.75 Å². The third-order valence-corrected chi connectivity index (χ3v) is 2.25. The number of carbonyl (C=O) groups excluding carboxylic acids is 1. The molecule has 0 fully saturated rings. The van der Waals surface area contributed by atoms with E-state index in [9.17, 15) is 9.18 Å². The Labute approximate surface area is 100 Å². The molecule has 5 heteroatoms. The van der Waals surface area contributed by atoms with E-state index in [2.05, 4.69) is 5.32 Å². The number of likely N-dealkylation sites (N-methyl/N-ethyl adjacent to an activating group) is 1. The van der Waals surface area contributed by atoms with Crippen LogP contribution in [0, 0.1) is 5.82 Å². The van der Waals surface area contributed by atoms with E-state index in [1.165, 1.54) is 11.0 Å². The summed E-state index contributed by atoms with van der Waals surface area (Å²) < 4.78 is 18.8. The number of nitrogens with zero attached hydrogens (tertiary/aromatic N) is 1. The highest BCUT2D eigenvalue weighted by Gasteiger charge is 2.12. The van der Waals surface area contributed by atoms with E-state index in [4.69, 9.17) is 4.74 Å².